The van der Waals surface area contributed by atoms with Gasteiger partial charge >= 0.3 is 6.08 Å². The molecule has 1 aromatic heterocycles. The Morgan fingerprint density at radius 2 is 2.29 bits per heavy atom. The van der Waals surface area contributed by atoms with Crippen molar-refractivity contribution in [3.05, 3.63) is 18.2 Å². The molecule has 0 unspecified atom stereocenters. The number of hydrogen-bond donors (Lipinski definition) is 0. The van der Waals surface area contributed by atoms with E-state index in [0.29, 0.717) is 17.7 Å². The fraction of sp³-hybridized carbons (Fsp3) is 0.300. The first kappa shape index (κ1) is 8.87. The van der Waals surface area contributed by atoms with Crippen molar-refractivity contribution in [3.8, 4) is 11.8 Å². The van der Waals surface area contributed by atoms with Crippen LogP contribution in [-0.4, -0.2) is 18.7 Å². The molecule has 0 atom stereocenters. The van der Waals surface area contributed by atoms with E-state index in [1.165, 1.54) is 7.11 Å². The van der Waals surface area contributed by atoms with Gasteiger partial charge in [0.15, 0.2) is 11.1 Å². The van der Waals surface area contributed by atoms with Gasteiger partial charge in [0, 0.05) is 0 Å². The number of benzene rings is 1. The van der Waals surface area contributed by atoms with Crippen molar-refractivity contribution < 1.29 is 13.9 Å². The number of para-hydroxylation sites is 1. The Balaban J connectivity index is 2.55. The van der Waals surface area contributed by atoms with E-state index in [2.05, 4.69) is 4.98 Å². The van der Waals surface area contributed by atoms with E-state index in [9.17, 15) is 0 Å². The molecule has 0 saturated carbocycles. The largest absolute Gasteiger partial charge is 0.491 e. The van der Waals surface area contributed by atoms with Gasteiger partial charge in [0.25, 0.3) is 0 Å². The molecular formula is C10H11NO3. The minimum absolute atomic E-state index is 0.257. The van der Waals surface area contributed by atoms with Crippen molar-refractivity contribution in [3.63, 3.8) is 0 Å². The molecule has 1 aromatic carbocycles. The quantitative estimate of drug-likeness (QED) is 0.749. The Bertz CT molecular complexity index is 436. The average Bonchev–Trinajstić information content (AvgIpc) is 2.62. The highest BCUT2D eigenvalue weighted by molar-refractivity contribution is 5.80. The number of rotatable bonds is 3. The second-order valence-electron chi connectivity index (χ2n) is 2.72. The van der Waals surface area contributed by atoms with Gasteiger partial charge < -0.3 is 13.9 Å². The normalized spacial score (nSPS) is 10.4. The van der Waals surface area contributed by atoms with Crippen LogP contribution < -0.4 is 9.47 Å². The maximum Gasteiger partial charge on any atom is 0.394 e. The van der Waals surface area contributed by atoms with Gasteiger partial charge in [-0.25, -0.2) is 0 Å². The van der Waals surface area contributed by atoms with Gasteiger partial charge in [0.1, 0.15) is 5.75 Å². The molecular weight excluding hydrogens is 182 g/mol. The van der Waals surface area contributed by atoms with Gasteiger partial charge in [0.05, 0.1) is 13.7 Å². The van der Waals surface area contributed by atoms with E-state index in [1.54, 1.807) is 0 Å². The Morgan fingerprint density at radius 3 is 3.00 bits per heavy atom. The van der Waals surface area contributed by atoms with Crippen LogP contribution in [-0.2, 0) is 0 Å². The van der Waals surface area contributed by atoms with Crippen LogP contribution in [0.5, 0.6) is 11.8 Å². The fourth-order valence-corrected chi connectivity index (χ4v) is 1.26. The van der Waals surface area contributed by atoms with Gasteiger partial charge in [0.2, 0.25) is 0 Å². The summed E-state index contributed by atoms with van der Waals surface area (Å²) in [7, 11) is 1.52. The third-order valence-electron chi connectivity index (χ3n) is 1.84. The van der Waals surface area contributed by atoms with Crippen molar-refractivity contribution in [1.29, 1.82) is 0 Å². The maximum atomic E-state index is 5.40. The highest BCUT2D eigenvalue weighted by Gasteiger charge is 2.09. The van der Waals surface area contributed by atoms with Gasteiger partial charge in [-0.1, -0.05) is 6.07 Å². The highest BCUT2D eigenvalue weighted by atomic mass is 16.6. The molecule has 0 amide bonds. The van der Waals surface area contributed by atoms with E-state index in [4.69, 9.17) is 13.9 Å². The van der Waals surface area contributed by atoms with Crippen LogP contribution in [0.15, 0.2) is 22.6 Å². The summed E-state index contributed by atoms with van der Waals surface area (Å²) in [5.74, 6) is 0.719. The minimum atomic E-state index is 0.257. The first-order chi connectivity index (χ1) is 6.85. The number of aromatic nitrogens is 1. The molecule has 0 fully saturated rings. The highest BCUT2D eigenvalue weighted by Crippen LogP contribution is 2.28. The van der Waals surface area contributed by atoms with E-state index < -0.39 is 0 Å². The Morgan fingerprint density at radius 1 is 1.43 bits per heavy atom. The first-order valence-corrected chi connectivity index (χ1v) is 4.41. The Kier molecular flexibility index (Phi) is 2.26. The second kappa shape index (κ2) is 3.57. The summed E-state index contributed by atoms with van der Waals surface area (Å²) in [6, 6.07) is 5.54. The molecule has 4 heteroatoms. The predicted octanol–water partition coefficient (Wildman–Crippen LogP) is 2.24. The fourth-order valence-electron chi connectivity index (χ4n) is 1.26. The second-order valence-corrected chi connectivity index (χ2v) is 2.72. The summed E-state index contributed by atoms with van der Waals surface area (Å²) in [5, 5.41) is 0. The van der Waals surface area contributed by atoms with E-state index in [1.807, 2.05) is 25.1 Å². The van der Waals surface area contributed by atoms with E-state index in [-0.39, 0.29) is 6.08 Å². The molecule has 1 heterocycles. The van der Waals surface area contributed by atoms with Crippen molar-refractivity contribution in [2.45, 2.75) is 6.92 Å². The summed E-state index contributed by atoms with van der Waals surface area (Å²) < 4.78 is 15.6. The number of fused-ring (bicyclic) bond motifs is 1. The number of nitrogens with zero attached hydrogens (tertiary/aromatic N) is 1. The van der Waals surface area contributed by atoms with Crippen molar-refractivity contribution >= 4 is 11.1 Å². The molecule has 2 aromatic rings. The van der Waals surface area contributed by atoms with Crippen LogP contribution in [0, 0.1) is 0 Å². The van der Waals surface area contributed by atoms with Gasteiger partial charge in [-0.3, -0.25) is 0 Å². The van der Waals surface area contributed by atoms with Crippen LogP contribution in [0.3, 0.4) is 0 Å². The molecule has 14 heavy (non-hydrogen) atoms. The summed E-state index contributed by atoms with van der Waals surface area (Å²) in [5.41, 5.74) is 1.37. The molecule has 0 aliphatic rings. The van der Waals surface area contributed by atoms with Crippen molar-refractivity contribution in [2.75, 3.05) is 13.7 Å². The maximum absolute atomic E-state index is 5.40. The van der Waals surface area contributed by atoms with Gasteiger partial charge in [-0.15, -0.1) is 0 Å². The smallest absolute Gasteiger partial charge is 0.394 e. The topological polar surface area (TPSA) is 44.5 Å². The lowest BCUT2D eigenvalue weighted by Gasteiger charge is -2.00. The zero-order valence-electron chi connectivity index (χ0n) is 8.11. The van der Waals surface area contributed by atoms with E-state index in [0.717, 1.165) is 5.75 Å². The molecule has 0 aliphatic heterocycles. The SMILES string of the molecule is CCOc1cccc2oc(OC)nc12. The first-order valence-electron chi connectivity index (χ1n) is 4.41. The van der Waals surface area contributed by atoms with Gasteiger partial charge in [-0.2, -0.15) is 4.98 Å². The van der Waals surface area contributed by atoms with Crippen LogP contribution in [0.2, 0.25) is 0 Å². The molecule has 0 radical (unpaired) electrons. The zero-order valence-corrected chi connectivity index (χ0v) is 8.11. The third kappa shape index (κ3) is 1.39. The van der Waals surface area contributed by atoms with Crippen molar-refractivity contribution in [2.24, 2.45) is 0 Å². The van der Waals surface area contributed by atoms with Crippen molar-refractivity contribution in [1.82, 2.24) is 4.98 Å². The molecule has 2 rings (SSSR count). The lowest BCUT2D eigenvalue weighted by molar-refractivity contribution is 0.299. The zero-order chi connectivity index (χ0) is 9.97. The molecule has 0 N–H and O–H groups in total. The van der Waals surface area contributed by atoms with Crippen LogP contribution in [0.4, 0.5) is 0 Å². The van der Waals surface area contributed by atoms with Crippen LogP contribution >= 0.6 is 0 Å². The monoisotopic (exact) mass is 193 g/mol. The molecule has 0 spiro atoms. The molecule has 4 nitrogen and oxygen atoms in total. The lowest BCUT2D eigenvalue weighted by Crippen LogP contribution is -1.91. The summed E-state index contributed by atoms with van der Waals surface area (Å²) in [6.07, 6.45) is 0.257. The molecule has 74 valence electrons. The molecule has 0 saturated heterocycles. The standard InChI is InChI=1S/C10H11NO3/c1-3-13-7-5-4-6-8-9(7)11-10(12-2)14-8/h4-6H,3H2,1-2H3. The average molecular weight is 193 g/mol. The number of methoxy groups -OCH3 is 1. The number of oxazole rings is 1. The Hall–Kier alpha value is -1.71. The summed E-state index contributed by atoms with van der Waals surface area (Å²) >= 11 is 0. The predicted molar refractivity (Wildman–Crippen MR) is 51.7 cm³/mol. The summed E-state index contributed by atoms with van der Waals surface area (Å²) in [4.78, 5) is 4.14. The molecule has 0 aliphatic carbocycles. The third-order valence-corrected chi connectivity index (χ3v) is 1.84. The molecule has 0 bridgehead atoms. The summed E-state index contributed by atoms with van der Waals surface area (Å²) in [6.45, 7) is 2.53. The Labute approximate surface area is 81.4 Å². The van der Waals surface area contributed by atoms with E-state index >= 15 is 0 Å². The van der Waals surface area contributed by atoms with Crippen LogP contribution in [0.1, 0.15) is 6.92 Å². The van der Waals surface area contributed by atoms with Crippen LogP contribution in [0.25, 0.3) is 11.1 Å². The number of hydrogen-bond acceptors (Lipinski definition) is 4. The van der Waals surface area contributed by atoms with Gasteiger partial charge in [-0.05, 0) is 19.1 Å². The number of ether oxygens (including phenoxy) is 2. The minimum Gasteiger partial charge on any atom is -0.491 e. The lowest BCUT2D eigenvalue weighted by atomic mass is 10.3.